The number of hydrogen-bond donors (Lipinski definition) is 2. The maximum atomic E-state index is 13.1. The van der Waals surface area contributed by atoms with Crippen molar-refractivity contribution >= 4 is 17.7 Å². The van der Waals surface area contributed by atoms with Gasteiger partial charge in [0.15, 0.2) is 0 Å². The van der Waals surface area contributed by atoms with Gasteiger partial charge in [-0.3, -0.25) is 4.79 Å². The Morgan fingerprint density at radius 1 is 1.25 bits per heavy atom. The monoisotopic (exact) mass is 333 g/mol. The molecule has 0 saturated heterocycles. The number of carbonyl (C=O) groups is 2. The first-order valence-electron chi connectivity index (χ1n) is 7.08. The molecule has 2 N–H and O–H groups in total. The Balaban J connectivity index is 1.83. The van der Waals surface area contributed by atoms with Crippen LogP contribution in [0.15, 0.2) is 42.6 Å². The summed E-state index contributed by atoms with van der Waals surface area (Å²) in [5.41, 5.74) is 0.477. The quantitative estimate of drug-likeness (QED) is 0.848. The molecule has 2 rings (SSSR count). The van der Waals surface area contributed by atoms with Gasteiger partial charge in [0.2, 0.25) is 11.8 Å². The van der Waals surface area contributed by atoms with E-state index in [0.717, 1.165) is 0 Å². The van der Waals surface area contributed by atoms with Crippen LogP contribution in [0.2, 0.25) is 0 Å². The van der Waals surface area contributed by atoms with Gasteiger partial charge in [-0.25, -0.2) is 14.2 Å². The Hall–Kier alpha value is -3.16. The highest BCUT2D eigenvalue weighted by molar-refractivity contribution is 5.90. The van der Waals surface area contributed by atoms with Crippen LogP contribution in [0.4, 0.5) is 14.9 Å². The third-order valence-electron chi connectivity index (χ3n) is 2.85. The van der Waals surface area contributed by atoms with E-state index in [9.17, 15) is 14.0 Å². The summed E-state index contributed by atoms with van der Waals surface area (Å²) < 4.78 is 22.9. The lowest BCUT2D eigenvalue weighted by atomic mass is 10.3. The van der Waals surface area contributed by atoms with Crippen LogP contribution in [0.5, 0.6) is 11.6 Å². The Bertz CT molecular complexity index is 707. The number of carbonyl (C=O) groups excluding carboxylic acids is 2. The Morgan fingerprint density at radius 2 is 2.08 bits per heavy atom. The fourth-order valence-electron chi connectivity index (χ4n) is 1.74. The summed E-state index contributed by atoms with van der Waals surface area (Å²) in [6, 6.07) is 8.84. The minimum atomic E-state index is -0.594. The molecule has 7 nitrogen and oxygen atoms in total. The van der Waals surface area contributed by atoms with Crippen molar-refractivity contribution in [3.8, 4) is 11.6 Å². The average molecular weight is 333 g/mol. The molecular weight excluding hydrogens is 317 g/mol. The second-order valence-electron chi connectivity index (χ2n) is 4.66. The summed E-state index contributed by atoms with van der Waals surface area (Å²) in [5, 5.41) is 5.03. The molecule has 2 aromatic rings. The first kappa shape index (κ1) is 17.2. The summed E-state index contributed by atoms with van der Waals surface area (Å²) in [6.07, 6.45) is 0.917. The molecule has 24 heavy (non-hydrogen) atoms. The lowest BCUT2D eigenvalue weighted by Gasteiger charge is -2.07. The van der Waals surface area contributed by atoms with Gasteiger partial charge in [0.05, 0.1) is 19.0 Å². The number of pyridine rings is 1. The summed E-state index contributed by atoms with van der Waals surface area (Å²) >= 11 is 0. The number of nitrogens with zero attached hydrogens (tertiary/aromatic N) is 1. The van der Waals surface area contributed by atoms with Gasteiger partial charge in [-0.1, -0.05) is 6.07 Å². The van der Waals surface area contributed by atoms with E-state index in [2.05, 4.69) is 20.4 Å². The molecule has 1 aromatic carbocycles. The number of benzene rings is 1. The number of amides is 2. The molecule has 126 valence electrons. The number of anilines is 1. The summed E-state index contributed by atoms with van der Waals surface area (Å²) in [4.78, 5) is 26.6. The van der Waals surface area contributed by atoms with E-state index < -0.39 is 11.9 Å². The van der Waals surface area contributed by atoms with Gasteiger partial charge in [-0.05, 0) is 18.2 Å². The van der Waals surface area contributed by atoms with Gasteiger partial charge in [0.25, 0.3) is 0 Å². The van der Waals surface area contributed by atoms with Crippen LogP contribution in [0.3, 0.4) is 0 Å². The number of ether oxygens (including phenoxy) is 2. The second kappa shape index (κ2) is 8.47. The van der Waals surface area contributed by atoms with E-state index in [1.807, 2.05) is 0 Å². The molecule has 0 aliphatic carbocycles. The largest absolute Gasteiger partial charge is 0.453 e. The molecule has 0 saturated carbocycles. The molecule has 0 fully saturated rings. The standard InChI is InChI=1S/C16H16FN3O4/c1-23-16(22)18-8-7-14(21)20-12-5-6-15(19-10-12)24-13-4-2-3-11(17)9-13/h2-6,9-10H,7-8H2,1H3,(H,18,22)(H,20,21). The summed E-state index contributed by atoms with van der Waals surface area (Å²) in [6.45, 7) is 0.159. The van der Waals surface area contributed by atoms with Crippen molar-refractivity contribution in [2.75, 3.05) is 19.0 Å². The van der Waals surface area contributed by atoms with Crippen molar-refractivity contribution in [1.29, 1.82) is 0 Å². The molecule has 0 atom stereocenters. The molecular formula is C16H16FN3O4. The van der Waals surface area contributed by atoms with Gasteiger partial charge in [-0.15, -0.1) is 0 Å². The number of hydrogen-bond acceptors (Lipinski definition) is 5. The predicted molar refractivity (Wildman–Crippen MR) is 84.4 cm³/mol. The number of methoxy groups -OCH3 is 1. The minimum absolute atomic E-state index is 0.0939. The smallest absolute Gasteiger partial charge is 0.406 e. The van der Waals surface area contributed by atoms with Crippen LogP contribution < -0.4 is 15.4 Å². The molecule has 0 aliphatic rings. The SMILES string of the molecule is COC(=O)NCCC(=O)Nc1ccc(Oc2cccc(F)c2)nc1. The maximum Gasteiger partial charge on any atom is 0.406 e. The number of rotatable bonds is 6. The van der Waals surface area contributed by atoms with Crippen molar-refractivity contribution in [2.45, 2.75) is 6.42 Å². The van der Waals surface area contributed by atoms with E-state index >= 15 is 0 Å². The van der Waals surface area contributed by atoms with Crippen molar-refractivity contribution in [3.05, 3.63) is 48.4 Å². The average Bonchev–Trinajstić information content (AvgIpc) is 2.56. The molecule has 8 heteroatoms. The van der Waals surface area contributed by atoms with E-state index in [4.69, 9.17) is 4.74 Å². The highest BCUT2D eigenvalue weighted by Gasteiger charge is 2.05. The molecule has 1 aromatic heterocycles. The molecule has 0 unspecified atom stereocenters. The zero-order chi connectivity index (χ0) is 17.4. The molecule has 0 bridgehead atoms. The van der Waals surface area contributed by atoms with Crippen LogP contribution in [0.1, 0.15) is 6.42 Å². The van der Waals surface area contributed by atoms with Gasteiger partial charge >= 0.3 is 6.09 Å². The number of nitrogens with one attached hydrogen (secondary N) is 2. The van der Waals surface area contributed by atoms with Gasteiger partial charge < -0.3 is 20.1 Å². The topological polar surface area (TPSA) is 89.5 Å². The Morgan fingerprint density at radius 3 is 2.75 bits per heavy atom. The Labute approximate surface area is 137 Å². The zero-order valence-corrected chi connectivity index (χ0v) is 12.9. The molecule has 0 spiro atoms. The third kappa shape index (κ3) is 5.56. The van der Waals surface area contributed by atoms with Crippen LogP contribution in [-0.2, 0) is 9.53 Å². The summed E-state index contributed by atoms with van der Waals surface area (Å²) in [5.74, 6) is -0.0944. The first-order chi connectivity index (χ1) is 11.6. The van der Waals surface area contributed by atoms with E-state index in [-0.39, 0.29) is 24.8 Å². The van der Waals surface area contributed by atoms with Crippen LogP contribution in [0.25, 0.3) is 0 Å². The molecule has 0 radical (unpaired) electrons. The lowest BCUT2D eigenvalue weighted by Crippen LogP contribution is -2.27. The Kier molecular flexibility index (Phi) is 6.07. The third-order valence-corrected chi connectivity index (χ3v) is 2.85. The van der Waals surface area contributed by atoms with Crippen molar-refractivity contribution < 1.29 is 23.5 Å². The number of alkyl carbamates (subject to hydrolysis) is 1. The second-order valence-corrected chi connectivity index (χ2v) is 4.66. The summed E-state index contributed by atoms with van der Waals surface area (Å²) in [7, 11) is 1.24. The van der Waals surface area contributed by atoms with E-state index in [0.29, 0.717) is 11.4 Å². The van der Waals surface area contributed by atoms with Gasteiger partial charge in [-0.2, -0.15) is 0 Å². The minimum Gasteiger partial charge on any atom is -0.453 e. The van der Waals surface area contributed by atoms with E-state index in [1.54, 1.807) is 18.2 Å². The predicted octanol–water partition coefficient (Wildman–Crippen LogP) is 2.70. The van der Waals surface area contributed by atoms with Crippen molar-refractivity contribution in [3.63, 3.8) is 0 Å². The van der Waals surface area contributed by atoms with Crippen molar-refractivity contribution in [2.24, 2.45) is 0 Å². The maximum absolute atomic E-state index is 13.1. The van der Waals surface area contributed by atoms with E-state index in [1.165, 1.54) is 31.5 Å². The van der Waals surface area contributed by atoms with Gasteiger partial charge in [0.1, 0.15) is 11.6 Å². The molecule has 1 heterocycles. The van der Waals surface area contributed by atoms with Crippen LogP contribution in [-0.4, -0.2) is 30.6 Å². The first-order valence-corrected chi connectivity index (χ1v) is 7.08. The number of halogens is 1. The fourth-order valence-corrected chi connectivity index (χ4v) is 1.74. The van der Waals surface area contributed by atoms with Gasteiger partial charge in [0, 0.05) is 25.1 Å². The fraction of sp³-hybridized carbons (Fsp3) is 0.188. The highest BCUT2D eigenvalue weighted by Crippen LogP contribution is 2.21. The zero-order valence-electron chi connectivity index (χ0n) is 12.9. The molecule has 2 amide bonds. The van der Waals surface area contributed by atoms with Crippen LogP contribution in [0, 0.1) is 5.82 Å². The van der Waals surface area contributed by atoms with Crippen LogP contribution >= 0.6 is 0 Å². The van der Waals surface area contributed by atoms with Crippen molar-refractivity contribution in [1.82, 2.24) is 10.3 Å². The lowest BCUT2D eigenvalue weighted by molar-refractivity contribution is -0.116. The molecule has 0 aliphatic heterocycles. The highest BCUT2D eigenvalue weighted by atomic mass is 19.1. The normalized spacial score (nSPS) is 9.92. The number of aromatic nitrogens is 1.